The van der Waals surface area contributed by atoms with Gasteiger partial charge in [-0.05, 0) is 35.9 Å². The second-order valence-electron chi connectivity index (χ2n) is 4.90. The molecule has 0 spiro atoms. The largest absolute Gasteiger partial charge is 0.504 e. The van der Waals surface area contributed by atoms with Crippen molar-refractivity contribution in [2.75, 3.05) is 13.7 Å². The van der Waals surface area contributed by atoms with E-state index >= 15 is 0 Å². The first-order valence-corrected chi connectivity index (χ1v) is 6.66. The maximum atomic E-state index is 12.5. The molecule has 1 aliphatic heterocycles. The Bertz CT molecular complexity index is 777. The van der Waals surface area contributed by atoms with Crippen LogP contribution in [0.2, 0.25) is 0 Å². The topological polar surface area (TPSA) is 76.0 Å². The number of hydrogen-bond donors (Lipinski definition) is 2. The number of aromatic hydroxyl groups is 2. The molecule has 2 aromatic rings. The van der Waals surface area contributed by atoms with Crippen molar-refractivity contribution in [3.63, 3.8) is 0 Å². The number of carbonyl (C=O) groups is 1. The molecule has 3 rings (SSSR count). The van der Waals surface area contributed by atoms with E-state index in [1.165, 1.54) is 12.1 Å². The zero-order valence-corrected chi connectivity index (χ0v) is 11.9. The van der Waals surface area contributed by atoms with Gasteiger partial charge in [-0.3, -0.25) is 4.79 Å². The molecule has 0 radical (unpaired) electrons. The van der Waals surface area contributed by atoms with Crippen molar-refractivity contribution >= 4 is 11.9 Å². The van der Waals surface area contributed by atoms with E-state index in [2.05, 4.69) is 0 Å². The summed E-state index contributed by atoms with van der Waals surface area (Å²) < 4.78 is 10.7. The summed E-state index contributed by atoms with van der Waals surface area (Å²) in [6, 6.07) is 9.41. The quantitative estimate of drug-likeness (QED) is 0.658. The lowest BCUT2D eigenvalue weighted by atomic mass is 9.98. The monoisotopic (exact) mass is 298 g/mol. The average molecular weight is 298 g/mol. The van der Waals surface area contributed by atoms with E-state index in [1.54, 1.807) is 37.5 Å². The number of ether oxygens (including phenoxy) is 2. The van der Waals surface area contributed by atoms with E-state index in [1.807, 2.05) is 0 Å². The summed E-state index contributed by atoms with van der Waals surface area (Å²) in [5.74, 6) is 0.559. The van der Waals surface area contributed by atoms with Crippen LogP contribution < -0.4 is 9.47 Å². The van der Waals surface area contributed by atoms with E-state index in [-0.39, 0.29) is 23.9 Å². The molecule has 5 heteroatoms. The normalized spacial score (nSPS) is 15.3. The lowest BCUT2D eigenvalue weighted by molar-refractivity contribution is 0.100. The Balaban J connectivity index is 1.95. The average Bonchev–Trinajstić information content (AvgIpc) is 2.53. The standard InChI is InChI=1S/C17H14O5/c1-21-12-3-4-13-16(8-12)22-9-11(17(13)20)6-10-2-5-14(18)15(19)7-10/h2-8,18-19H,9H2,1H3/b11-6-. The third kappa shape index (κ3) is 2.48. The van der Waals surface area contributed by atoms with Gasteiger partial charge in [-0.2, -0.15) is 0 Å². The zero-order chi connectivity index (χ0) is 15.7. The Morgan fingerprint density at radius 2 is 1.95 bits per heavy atom. The highest BCUT2D eigenvalue weighted by atomic mass is 16.5. The van der Waals surface area contributed by atoms with Crippen molar-refractivity contribution in [3.05, 3.63) is 53.1 Å². The smallest absolute Gasteiger partial charge is 0.196 e. The number of ketones is 1. The molecule has 0 amide bonds. The molecule has 22 heavy (non-hydrogen) atoms. The lowest BCUT2D eigenvalue weighted by Crippen LogP contribution is -2.19. The van der Waals surface area contributed by atoms with Gasteiger partial charge in [0.05, 0.1) is 12.7 Å². The fraction of sp³-hybridized carbons (Fsp3) is 0.118. The van der Waals surface area contributed by atoms with E-state index in [0.29, 0.717) is 28.2 Å². The molecule has 1 aliphatic rings. The second-order valence-corrected chi connectivity index (χ2v) is 4.90. The Hall–Kier alpha value is -2.95. The number of fused-ring (bicyclic) bond motifs is 1. The van der Waals surface area contributed by atoms with E-state index in [4.69, 9.17) is 9.47 Å². The molecule has 0 bridgehead atoms. The number of rotatable bonds is 2. The molecular weight excluding hydrogens is 284 g/mol. The molecule has 0 fully saturated rings. The molecule has 0 saturated heterocycles. The van der Waals surface area contributed by atoms with Crippen molar-refractivity contribution < 1.29 is 24.5 Å². The summed E-state index contributed by atoms with van der Waals surface area (Å²) in [5.41, 5.74) is 1.56. The molecule has 0 aliphatic carbocycles. The summed E-state index contributed by atoms with van der Waals surface area (Å²) in [7, 11) is 1.55. The number of phenols is 2. The first kappa shape index (κ1) is 14.0. The highest BCUT2D eigenvalue weighted by molar-refractivity contribution is 6.14. The van der Waals surface area contributed by atoms with Crippen LogP contribution in [0.15, 0.2) is 42.0 Å². The van der Waals surface area contributed by atoms with Gasteiger partial charge in [0.2, 0.25) is 0 Å². The molecule has 112 valence electrons. The molecule has 5 nitrogen and oxygen atoms in total. The SMILES string of the molecule is COc1ccc2c(c1)OC/C(=C/c1ccc(O)c(O)c1)C2=O. The second kappa shape index (κ2) is 5.44. The summed E-state index contributed by atoms with van der Waals surface area (Å²) in [4.78, 5) is 12.5. The minimum Gasteiger partial charge on any atom is -0.504 e. The summed E-state index contributed by atoms with van der Waals surface area (Å²) in [6.07, 6.45) is 1.63. The molecule has 0 atom stereocenters. The number of carbonyl (C=O) groups excluding carboxylic acids is 1. The highest BCUT2D eigenvalue weighted by Gasteiger charge is 2.23. The first-order valence-electron chi connectivity index (χ1n) is 6.66. The minimum atomic E-state index is -0.233. The number of hydrogen-bond acceptors (Lipinski definition) is 5. The van der Waals surface area contributed by atoms with E-state index in [0.717, 1.165) is 0 Å². The molecule has 0 saturated carbocycles. The molecule has 0 unspecified atom stereocenters. The minimum absolute atomic E-state index is 0.128. The zero-order valence-electron chi connectivity index (χ0n) is 11.9. The van der Waals surface area contributed by atoms with Gasteiger partial charge >= 0.3 is 0 Å². The van der Waals surface area contributed by atoms with Gasteiger partial charge in [0.25, 0.3) is 0 Å². The Labute approximate surface area is 127 Å². The van der Waals surface area contributed by atoms with Crippen LogP contribution in [-0.4, -0.2) is 29.7 Å². The molecular formula is C17H14O5. The lowest BCUT2D eigenvalue weighted by Gasteiger charge is -2.19. The Morgan fingerprint density at radius 1 is 1.14 bits per heavy atom. The van der Waals surface area contributed by atoms with Crippen LogP contribution in [0, 0.1) is 0 Å². The van der Waals surface area contributed by atoms with Crippen molar-refractivity contribution in [1.29, 1.82) is 0 Å². The summed E-state index contributed by atoms with van der Waals surface area (Å²) >= 11 is 0. The van der Waals surface area contributed by atoms with E-state index in [9.17, 15) is 15.0 Å². The van der Waals surface area contributed by atoms with Gasteiger partial charge in [-0.1, -0.05) is 6.07 Å². The van der Waals surface area contributed by atoms with Crippen LogP contribution in [-0.2, 0) is 0 Å². The maximum absolute atomic E-state index is 12.5. The van der Waals surface area contributed by atoms with Crippen molar-refractivity contribution in [2.24, 2.45) is 0 Å². The number of methoxy groups -OCH3 is 1. The number of benzene rings is 2. The first-order chi connectivity index (χ1) is 10.6. The van der Waals surface area contributed by atoms with Crippen LogP contribution in [0.5, 0.6) is 23.0 Å². The molecule has 2 aromatic carbocycles. The van der Waals surface area contributed by atoms with E-state index < -0.39 is 0 Å². The predicted molar refractivity (Wildman–Crippen MR) is 80.6 cm³/mol. The third-order valence-electron chi connectivity index (χ3n) is 3.45. The van der Waals surface area contributed by atoms with Crippen molar-refractivity contribution in [2.45, 2.75) is 0 Å². The van der Waals surface area contributed by atoms with Crippen LogP contribution in [0.4, 0.5) is 0 Å². The van der Waals surface area contributed by atoms with Gasteiger partial charge in [0, 0.05) is 11.6 Å². The fourth-order valence-corrected chi connectivity index (χ4v) is 2.27. The van der Waals surface area contributed by atoms with Crippen LogP contribution in [0.3, 0.4) is 0 Å². The van der Waals surface area contributed by atoms with Gasteiger partial charge in [0.1, 0.15) is 18.1 Å². The summed E-state index contributed by atoms with van der Waals surface area (Å²) in [5, 5.41) is 18.8. The molecule has 2 N–H and O–H groups in total. The maximum Gasteiger partial charge on any atom is 0.196 e. The van der Waals surface area contributed by atoms with Crippen LogP contribution in [0.1, 0.15) is 15.9 Å². The van der Waals surface area contributed by atoms with Crippen molar-refractivity contribution in [1.82, 2.24) is 0 Å². The predicted octanol–water partition coefficient (Wildman–Crippen LogP) is 2.77. The Morgan fingerprint density at radius 3 is 2.68 bits per heavy atom. The fourth-order valence-electron chi connectivity index (χ4n) is 2.27. The van der Waals surface area contributed by atoms with Crippen LogP contribution >= 0.6 is 0 Å². The summed E-state index contributed by atoms with van der Waals surface area (Å²) in [6.45, 7) is 0.140. The molecule has 1 heterocycles. The van der Waals surface area contributed by atoms with Crippen molar-refractivity contribution in [3.8, 4) is 23.0 Å². The highest BCUT2D eigenvalue weighted by Crippen LogP contribution is 2.32. The number of Topliss-reactive ketones (excluding diaryl/α,β-unsaturated/α-hetero) is 1. The van der Waals surface area contributed by atoms with Gasteiger partial charge < -0.3 is 19.7 Å². The van der Waals surface area contributed by atoms with Gasteiger partial charge in [0.15, 0.2) is 17.3 Å². The third-order valence-corrected chi connectivity index (χ3v) is 3.45. The van der Waals surface area contributed by atoms with Gasteiger partial charge in [-0.25, -0.2) is 0 Å². The number of phenolic OH excluding ortho intramolecular Hbond substituents is 2. The molecule has 0 aromatic heterocycles. The Kier molecular flexibility index (Phi) is 3.47. The van der Waals surface area contributed by atoms with Crippen LogP contribution in [0.25, 0.3) is 6.08 Å². The van der Waals surface area contributed by atoms with Gasteiger partial charge in [-0.15, -0.1) is 0 Å².